The normalized spacial score (nSPS) is 15.0. The number of rotatable bonds is 5. The zero-order valence-electron chi connectivity index (χ0n) is 16.5. The smallest absolute Gasteiger partial charge is 0.254 e. The number of ether oxygens (including phenoxy) is 2. The molecule has 6 nitrogen and oxygen atoms in total. The second-order valence-electron chi connectivity index (χ2n) is 7.15. The maximum Gasteiger partial charge on any atom is 0.254 e. The molecule has 0 saturated carbocycles. The average molecular weight is 362 g/mol. The van der Waals surface area contributed by atoms with E-state index in [4.69, 9.17) is 9.47 Å². The SMILES string of the molecule is COc1cc(C)c(C(=O)N2CCCN(C(=O)CC(C)C)CC2)cc1OC. The van der Waals surface area contributed by atoms with E-state index in [1.54, 1.807) is 20.3 Å². The predicted octanol–water partition coefficient (Wildman–Crippen LogP) is 2.73. The Morgan fingerprint density at radius 2 is 1.58 bits per heavy atom. The molecule has 1 fully saturated rings. The Morgan fingerprint density at radius 3 is 2.19 bits per heavy atom. The fraction of sp³-hybridized carbons (Fsp3) is 0.600. The second-order valence-corrected chi connectivity index (χ2v) is 7.15. The van der Waals surface area contributed by atoms with Gasteiger partial charge in [0, 0.05) is 38.2 Å². The van der Waals surface area contributed by atoms with E-state index >= 15 is 0 Å². The van der Waals surface area contributed by atoms with Gasteiger partial charge < -0.3 is 19.3 Å². The second kappa shape index (κ2) is 8.92. The van der Waals surface area contributed by atoms with Crippen molar-refractivity contribution in [1.82, 2.24) is 9.80 Å². The topological polar surface area (TPSA) is 59.1 Å². The highest BCUT2D eigenvalue weighted by Crippen LogP contribution is 2.31. The number of hydrogen-bond donors (Lipinski definition) is 0. The van der Waals surface area contributed by atoms with Gasteiger partial charge in [-0.15, -0.1) is 0 Å². The van der Waals surface area contributed by atoms with Crippen molar-refractivity contribution in [2.24, 2.45) is 5.92 Å². The summed E-state index contributed by atoms with van der Waals surface area (Å²) in [5.74, 6) is 1.66. The van der Waals surface area contributed by atoms with Gasteiger partial charge in [-0.2, -0.15) is 0 Å². The van der Waals surface area contributed by atoms with Crippen molar-refractivity contribution < 1.29 is 19.1 Å². The maximum atomic E-state index is 13.0. The zero-order chi connectivity index (χ0) is 19.3. The molecule has 0 N–H and O–H groups in total. The van der Waals surface area contributed by atoms with Crippen molar-refractivity contribution in [3.63, 3.8) is 0 Å². The van der Waals surface area contributed by atoms with Crippen LogP contribution < -0.4 is 9.47 Å². The van der Waals surface area contributed by atoms with Crippen LogP contribution in [0.25, 0.3) is 0 Å². The summed E-state index contributed by atoms with van der Waals surface area (Å²) in [5.41, 5.74) is 1.47. The van der Waals surface area contributed by atoms with Gasteiger partial charge in [-0.05, 0) is 37.0 Å². The molecule has 1 aliphatic rings. The fourth-order valence-electron chi connectivity index (χ4n) is 3.23. The summed E-state index contributed by atoms with van der Waals surface area (Å²) >= 11 is 0. The third kappa shape index (κ3) is 4.68. The molecule has 2 rings (SSSR count). The standard InChI is InChI=1S/C20H30N2O4/c1-14(2)11-19(23)21-7-6-8-22(10-9-21)20(24)16-13-18(26-5)17(25-4)12-15(16)3/h12-14H,6-11H2,1-5H3. The molecule has 2 amide bonds. The Morgan fingerprint density at radius 1 is 1.00 bits per heavy atom. The summed E-state index contributed by atoms with van der Waals surface area (Å²) in [6.07, 6.45) is 1.35. The number of carbonyl (C=O) groups is 2. The first-order valence-electron chi connectivity index (χ1n) is 9.17. The molecule has 0 unspecified atom stereocenters. The van der Waals surface area contributed by atoms with Gasteiger partial charge in [-0.25, -0.2) is 0 Å². The lowest BCUT2D eigenvalue weighted by Gasteiger charge is -2.23. The van der Waals surface area contributed by atoms with Crippen molar-refractivity contribution in [1.29, 1.82) is 0 Å². The molecule has 0 atom stereocenters. The van der Waals surface area contributed by atoms with Crippen LogP contribution in [0.2, 0.25) is 0 Å². The van der Waals surface area contributed by atoms with E-state index in [-0.39, 0.29) is 11.8 Å². The number of hydrogen-bond acceptors (Lipinski definition) is 4. The number of amides is 2. The summed E-state index contributed by atoms with van der Waals surface area (Å²) in [6, 6.07) is 3.56. The van der Waals surface area contributed by atoms with Crippen LogP contribution in [0.15, 0.2) is 12.1 Å². The number of aryl methyl sites for hydroxylation is 1. The Kier molecular flexibility index (Phi) is 6.89. The first-order valence-corrected chi connectivity index (χ1v) is 9.17. The van der Waals surface area contributed by atoms with Crippen LogP contribution >= 0.6 is 0 Å². The molecule has 0 spiro atoms. The highest BCUT2D eigenvalue weighted by molar-refractivity contribution is 5.96. The lowest BCUT2D eigenvalue weighted by atomic mass is 10.1. The molecular formula is C20H30N2O4. The molecule has 1 heterocycles. The van der Waals surface area contributed by atoms with Gasteiger partial charge in [-0.1, -0.05) is 13.8 Å². The summed E-state index contributed by atoms with van der Waals surface area (Å²) in [5, 5.41) is 0. The van der Waals surface area contributed by atoms with Crippen LogP contribution in [0.1, 0.15) is 42.6 Å². The van der Waals surface area contributed by atoms with Crippen molar-refractivity contribution in [2.75, 3.05) is 40.4 Å². The average Bonchev–Trinajstić information content (AvgIpc) is 2.86. The Balaban J connectivity index is 2.12. The van der Waals surface area contributed by atoms with Crippen LogP contribution in [-0.4, -0.2) is 62.0 Å². The minimum Gasteiger partial charge on any atom is -0.493 e. The van der Waals surface area contributed by atoms with E-state index in [0.29, 0.717) is 55.6 Å². The van der Waals surface area contributed by atoms with Crippen molar-refractivity contribution in [2.45, 2.75) is 33.6 Å². The molecule has 0 aliphatic carbocycles. The number of methoxy groups -OCH3 is 2. The van der Waals surface area contributed by atoms with Crippen LogP contribution in [-0.2, 0) is 4.79 Å². The van der Waals surface area contributed by atoms with Gasteiger partial charge in [0.1, 0.15) is 0 Å². The van der Waals surface area contributed by atoms with E-state index in [9.17, 15) is 9.59 Å². The molecule has 1 aromatic carbocycles. The van der Waals surface area contributed by atoms with E-state index in [2.05, 4.69) is 0 Å². The van der Waals surface area contributed by atoms with Gasteiger partial charge in [-0.3, -0.25) is 9.59 Å². The quantitative estimate of drug-likeness (QED) is 0.808. The zero-order valence-corrected chi connectivity index (χ0v) is 16.5. The monoisotopic (exact) mass is 362 g/mol. The van der Waals surface area contributed by atoms with E-state index in [1.165, 1.54) is 0 Å². The van der Waals surface area contributed by atoms with Crippen molar-refractivity contribution in [3.8, 4) is 11.5 Å². The Labute approximate surface area is 156 Å². The lowest BCUT2D eigenvalue weighted by molar-refractivity contribution is -0.131. The van der Waals surface area contributed by atoms with Crippen molar-refractivity contribution in [3.05, 3.63) is 23.3 Å². The maximum absolute atomic E-state index is 13.0. The first-order chi connectivity index (χ1) is 12.4. The summed E-state index contributed by atoms with van der Waals surface area (Å²) in [7, 11) is 3.14. The molecule has 1 aliphatic heterocycles. The highest BCUT2D eigenvalue weighted by Gasteiger charge is 2.25. The Hall–Kier alpha value is -2.24. The summed E-state index contributed by atoms with van der Waals surface area (Å²) < 4.78 is 10.6. The third-order valence-electron chi connectivity index (χ3n) is 4.68. The predicted molar refractivity (Wildman–Crippen MR) is 101 cm³/mol. The minimum absolute atomic E-state index is 0.0263. The molecule has 0 radical (unpaired) electrons. The van der Waals surface area contributed by atoms with Crippen molar-refractivity contribution >= 4 is 11.8 Å². The van der Waals surface area contributed by atoms with E-state index < -0.39 is 0 Å². The van der Waals surface area contributed by atoms with Crippen LogP contribution in [0, 0.1) is 12.8 Å². The number of nitrogens with zero attached hydrogens (tertiary/aromatic N) is 2. The van der Waals surface area contributed by atoms with Crippen LogP contribution in [0.3, 0.4) is 0 Å². The number of carbonyl (C=O) groups excluding carboxylic acids is 2. The largest absolute Gasteiger partial charge is 0.493 e. The van der Waals surface area contributed by atoms with Gasteiger partial charge in [0.2, 0.25) is 5.91 Å². The van der Waals surface area contributed by atoms with Gasteiger partial charge in [0.25, 0.3) is 5.91 Å². The minimum atomic E-state index is -0.0263. The van der Waals surface area contributed by atoms with Crippen LogP contribution in [0.5, 0.6) is 11.5 Å². The highest BCUT2D eigenvalue weighted by atomic mass is 16.5. The van der Waals surface area contributed by atoms with Gasteiger partial charge in [0.15, 0.2) is 11.5 Å². The molecule has 0 aromatic heterocycles. The molecule has 6 heteroatoms. The molecule has 0 bridgehead atoms. The fourth-order valence-corrected chi connectivity index (χ4v) is 3.23. The van der Waals surface area contributed by atoms with Gasteiger partial charge >= 0.3 is 0 Å². The number of benzene rings is 1. The first kappa shape index (κ1) is 20.1. The summed E-state index contributed by atoms with van der Waals surface area (Å²) in [4.78, 5) is 29.0. The van der Waals surface area contributed by atoms with E-state index in [0.717, 1.165) is 12.0 Å². The van der Waals surface area contributed by atoms with E-state index in [1.807, 2.05) is 36.6 Å². The van der Waals surface area contributed by atoms with Crippen LogP contribution in [0.4, 0.5) is 0 Å². The third-order valence-corrected chi connectivity index (χ3v) is 4.68. The summed E-state index contributed by atoms with van der Waals surface area (Å²) in [6.45, 7) is 8.49. The Bertz CT molecular complexity index is 657. The molecule has 1 saturated heterocycles. The molecule has 26 heavy (non-hydrogen) atoms. The lowest BCUT2D eigenvalue weighted by Crippen LogP contribution is -2.37. The van der Waals surface area contributed by atoms with Gasteiger partial charge in [0.05, 0.1) is 14.2 Å². The molecular weight excluding hydrogens is 332 g/mol. The molecule has 144 valence electrons. The molecule has 1 aromatic rings.